The van der Waals surface area contributed by atoms with Gasteiger partial charge in [-0.1, -0.05) is 12.8 Å². The molecule has 4 saturated carbocycles. The van der Waals surface area contributed by atoms with E-state index in [-0.39, 0.29) is 5.54 Å². The van der Waals surface area contributed by atoms with Crippen molar-refractivity contribution in [2.45, 2.75) is 50.5 Å². The number of nitrogens with one attached hydrogen (secondary N) is 1. The van der Waals surface area contributed by atoms with Gasteiger partial charge in [0.05, 0.1) is 5.54 Å². The third-order valence-electron chi connectivity index (χ3n) is 6.24. The van der Waals surface area contributed by atoms with Crippen LogP contribution in [0.3, 0.4) is 0 Å². The van der Waals surface area contributed by atoms with Crippen molar-refractivity contribution in [3.8, 4) is 0 Å². The molecule has 4 aliphatic carbocycles. The number of hydrogen-bond acceptors (Lipinski definition) is 1. The van der Waals surface area contributed by atoms with Crippen molar-refractivity contribution in [2.75, 3.05) is 5.88 Å². The van der Waals surface area contributed by atoms with Crippen molar-refractivity contribution in [1.82, 2.24) is 5.32 Å². The van der Waals surface area contributed by atoms with Gasteiger partial charge in [-0.15, -0.1) is 11.6 Å². The summed E-state index contributed by atoms with van der Waals surface area (Å²) in [6, 6.07) is 0. The Morgan fingerprint density at radius 2 is 1.78 bits per heavy atom. The fourth-order valence-corrected chi connectivity index (χ4v) is 5.70. The summed E-state index contributed by atoms with van der Waals surface area (Å²) < 4.78 is 0. The lowest BCUT2D eigenvalue weighted by molar-refractivity contribution is -0.125. The van der Waals surface area contributed by atoms with Crippen molar-refractivity contribution in [3.05, 3.63) is 0 Å². The predicted octanol–water partition coefficient (Wildman–Crippen LogP) is 2.95. The van der Waals surface area contributed by atoms with Crippen LogP contribution in [0.15, 0.2) is 0 Å². The van der Waals surface area contributed by atoms with Crippen molar-refractivity contribution < 1.29 is 4.79 Å². The highest BCUT2D eigenvalue weighted by atomic mass is 35.5. The fraction of sp³-hybridized carbons (Fsp3) is 0.933. The Morgan fingerprint density at radius 3 is 2.33 bits per heavy atom. The summed E-state index contributed by atoms with van der Waals surface area (Å²) >= 11 is 6.11. The van der Waals surface area contributed by atoms with Crippen molar-refractivity contribution in [2.24, 2.45) is 29.6 Å². The molecule has 1 N–H and O–H groups in total. The lowest BCUT2D eigenvalue weighted by Crippen LogP contribution is -2.49. The number of hydrogen-bond donors (Lipinski definition) is 1. The minimum absolute atomic E-state index is 0.0609. The smallest absolute Gasteiger partial charge is 0.224 e. The monoisotopic (exact) mass is 267 g/mol. The molecule has 0 heterocycles. The number of halogens is 1. The average Bonchev–Trinajstić information content (AvgIpc) is 2.75. The molecule has 3 heteroatoms. The van der Waals surface area contributed by atoms with Gasteiger partial charge in [-0.3, -0.25) is 4.79 Å². The second kappa shape index (κ2) is 3.88. The van der Waals surface area contributed by atoms with Gasteiger partial charge in [-0.25, -0.2) is 0 Å². The molecule has 18 heavy (non-hydrogen) atoms. The van der Waals surface area contributed by atoms with Gasteiger partial charge in [0, 0.05) is 11.8 Å². The summed E-state index contributed by atoms with van der Waals surface area (Å²) in [6.45, 7) is 0. The summed E-state index contributed by atoms with van der Waals surface area (Å²) in [6.07, 6.45) is 8.78. The van der Waals surface area contributed by atoms with Crippen molar-refractivity contribution in [3.63, 3.8) is 0 Å². The molecule has 0 aromatic rings. The number of rotatable bonds is 3. The highest BCUT2D eigenvalue weighted by Gasteiger charge is 2.67. The molecule has 4 unspecified atom stereocenters. The molecule has 0 spiro atoms. The van der Waals surface area contributed by atoms with E-state index in [9.17, 15) is 4.79 Å². The topological polar surface area (TPSA) is 29.1 Å². The molecule has 4 aliphatic rings. The van der Waals surface area contributed by atoms with E-state index < -0.39 is 0 Å². The molecule has 0 aliphatic heterocycles. The van der Waals surface area contributed by atoms with Gasteiger partial charge in [-0.05, 0) is 55.8 Å². The largest absolute Gasteiger partial charge is 0.349 e. The number of carbonyl (C=O) groups is 1. The first-order chi connectivity index (χ1) is 8.74. The van der Waals surface area contributed by atoms with Gasteiger partial charge >= 0.3 is 0 Å². The molecule has 4 rings (SSSR count). The molecule has 0 saturated heterocycles. The molecule has 100 valence electrons. The van der Waals surface area contributed by atoms with Crippen LogP contribution in [0.2, 0.25) is 0 Å². The second-order valence-corrected chi connectivity index (χ2v) is 7.39. The van der Waals surface area contributed by atoms with E-state index in [4.69, 9.17) is 11.6 Å². The standard InChI is InChI=1S/C15H22ClNO/c16-8-15(5-1-2-6-15)17-14(18)13-11-9-3-4-10(7-9)12(11)13/h9-13H,1-8H2,(H,17,18). The van der Waals surface area contributed by atoms with E-state index in [0.717, 1.165) is 36.5 Å². The van der Waals surface area contributed by atoms with Crippen LogP contribution in [-0.2, 0) is 4.79 Å². The Morgan fingerprint density at radius 1 is 1.17 bits per heavy atom. The molecule has 4 atom stereocenters. The Bertz CT molecular complexity index is 361. The molecular weight excluding hydrogens is 246 g/mol. The quantitative estimate of drug-likeness (QED) is 0.783. The van der Waals surface area contributed by atoms with Crippen LogP contribution < -0.4 is 5.32 Å². The Labute approximate surface area is 114 Å². The maximum Gasteiger partial charge on any atom is 0.224 e. The van der Waals surface area contributed by atoms with Crippen LogP contribution in [0, 0.1) is 29.6 Å². The van der Waals surface area contributed by atoms with Crippen LogP contribution >= 0.6 is 11.6 Å². The molecule has 1 amide bonds. The normalized spacial score (nSPS) is 47.1. The highest BCUT2D eigenvalue weighted by Crippen LogP contribution is 2.69. The summed E-state index contributed by atoms with van der Waals surface area (Å²) in [5, 5.41) is 3.33. The molecule has 2 bridgehead atoms. The van der Waals surface area contributed by atoms with E-state index in [0.29, 0.717) is 17.7 Å². The van der Waals surface area contributed by atoms with Gasteiger partial charge in [0.15, 0.2) is 0 Å². The first-order valence-corrected chi connectivity index (χ1v) is 8.15. The third kappa shape index (κ3) is 1.51. The average molecular weight is 268 g/mol. The van der Waals surface area contributed by atoms with E-state index in [1.807, 2.05) is 0 Å². The van der Waals surface area contributed by atoms with Crippen LogP contribution in [0.4, 0.5) is 0 Å². The summed E-state index contributed by atoms with van der Waals surface area (Å²) in [5.41, 5.74) is -0.0609. The van der Waals surface area contributed by atoms with Gasteiger partial charge < -0.3 is 5.32 Å². The lowest BCUT2D eigenvalue weighted by Gasteiger charge is -2.28. The second-order valence-electron chi connectivity index (χ2n) is 7.12. The molecule has 0 radical (unpaired) electrons. The fourth-order valence-electron chi connectivity index (χ4n) is 5.36. The zero-order valence-electron chi connectivity index (χ0n) is 10.8. The highest BCUT2D eigenvalue weighted by molar-refractivity contribution is 6.18. The molecule has 4 fully saturated rings. The minimum Gasteiger partial charge on any atom is -0.349 e. The van der Waals surface area contributed by atoms with Gasteiger partial charge in [0.2, 0.25) is 5.91 Å². The number of carbonyl (C=O) groups excluding carboxylic acids is 1. The van der Waals surface area contributed by atoms with Gasteiger partial charge in [0.1, 0.15) is 0 Å². The van der Waals surface area contributed by atoms with E-state index in [2.05, 4.69) is 5.32 Å². The molecule has 0 aromatic carbocycles. The van der Waals surface area contributed by atoms with Crippen molar-refractivity contribution in [1.29, 1.82) is 0 Å². The Hall–Kier alpha value is -0.240. The Balaban J connectivity index is 1.43. The summed E-state index contributed by atoms with van der Waals surface area (Å²) in [5.74, 6) is 4.54. The van der Waals surface area contributed by atoms with Crippen LogP contribution in [0.5, 0.6) is 0 Å². The van der Waals surface area contributed by atoms with Gasteiger partial charge in [-0.2, -0.15) is 0 Å². The summed E-state index contributed by atoms with van der Waals surface area (Å²) in [7, 11) is 0. The zero-order chi connectivity index (χ0) is 12.3. The number of alkyl halides is 1. The predicted molar refractivity (Wildman–Crippen MR) is 71.4 cm³/mol. The zero-order valence-corrected chi connectivity index (χ0v) is 11.6. The van der Waals surface area contributed by atoms with E-state index >= 15 is 0 Å². The maximum absolute atomic E-state index is 12.5. The van der Waals surface area contributed by atoms with Crippen molar-refractivity contribution >= 4 is 17.5 Å². The Kier molecular flexibility index (Phi) is 2.49. The number of fused-ring (bicyclic) bond motifs is 5. The van der Waals surface area contributed by atoms with Crippen LogP contribution in [0.1, 0.15) is 44.9 Å². The minimum atomic E-state index is -0.0609. The van der Waals surface area contributed by atoms with E-state index in [1.54, 1.807) is 0 Å². The molecule has 2 nitrogen and oxygen atoms in total. The maximum atomic E-state index is 12.5. The SMILES string of the molecule is O=C(NC1(CCl)CCCC1)C1C2C3CCC(C3)C12. The van der Waals surface area contributed by atoms with Crippen LogP contribution in [0.25, 0.3) is 0 Å². The first kappa shape index (κ1) is 11.6. The lowest BCUT2D eigenvalue weighted by atomic mass is 9.97. The third-order valence-corrected chi connectivity index (χ3v) is 6.75. The molecule has 0 aromatic heterocycles. The number of amides is 1. The van der Waals surface area contributed by atoms with Crippen LogP contribution in [-0.4, -0.2) is 17.3 Å². The summed E-state index contributed by atoms with van der Waals surface area (Å²) in [4.78, 5) is 12.5. The molecular formula is C15H22ClNO. The van der Waals surface area contributed by atoms with E-state index in [1.165, 1.54) is 32.1 Å². The van der Waals surface area contributed by atoms with Gasteiger partial charge in [0.25, 0.3) is 0 Å². The first-order valence-electron chi connectivity index (χ1n) is 7.62.